The average molecular weight is 388 g/mol. The molecule has 0 bridgehead atoms. The van der Waals surface area contributed by atoms with E-state index in [-0.39, 0.29) is 6.79 Å². The summed E-state index contributed by atoms with van der Waals surface area (Å²) in [7, 11) is 0. The summed E-state index contributed by atoms with van der Waals surface area (Å²) >= 11 is 1.64. The highest BCUT2D eigenvalue weighted by atomic mass is 32.1. The second-order valence-corrected chi connectivity index (χ2v) is 7.33. The Balaban J connectivity index is 1.45. The molecule has 0 spiro atoms. The minimum absolute atomic E-state index is 0.258. The highest BCUT2D eigenvalue weighted by Crippen LogP contribution is 2.35. The van der Waals surface area contributed by atoms with Gasteiger partial charge in [-0.1, -0.05) is 30.3 Å². The Hall–Kier alpha value is -3.45. The molecule has 6 nitrogen and oxygen atoms in total. The van der Waals surface area contributed by atoms with Gasteiger partial charge in [-0.05, 0) is 36.8 Å². The van der Waals surface area contributed by atoms with Crippen molar-refractivity contribution in [2.24, 2.45) is 5.10 Å². The van der Waals surface area contributed by atoms with Crippen LogP contribution in [0, 0.1) is 0 Å². The number of hydrazone groups is 1. The van der Waals surface area contributed by atoms with Gasteiger partial charge in [0.05, 0.1) is 11.1 Å². The largest absolute Gasteiger partial charge is 0.454 e. The number of anilines is 1. The second-order valence-electron chi connectivity index (χ2n) is 6.29. The average Bonchev–Trinajstić information content (AvgIpc) is 3.39. The van der Waals surface area contributed by atoms with Gasteiger partial charge in [0.15, 0.2) is 17.3 Å². The van der Waals surface area contributed by atoms with Gasteiger partial charge in [-0.2, -0.15) is 5.10 Å². The molecule has 0 unspecified atom stereocenters. The number of aromatic nitrogens is 2. The summed E-state index contributed by atoms with van der Waals surface area (Å²) in [5.41, 5.74) is 6.03. The number of ether oxygens (including phenoxy) is 2. The molecule has 0 aliphatic carbocycles. The number of nitrogens with zero attached hydrogens (tertiary/aromatic N) is 3. The van der Waals surface area contributed by atoms with E-state index in [1.807, 2.05) is 43.3 Å². The predicted octanol–water partition coefficient (Wildman–Crippen LogP) is 4.92. The van der Waals surface area contributed by atoms with Crippen LogP contribution in [0.2, 0.25) is 0 Å². The standard InChI is InChI=1S/C21H16N4O2S/c1-13(15-7-8-17-18(9-15)27-12-26-17)24-25-20-16-10-19(14-5-3-2-4-6-14)28-21(16)23-11-22-20/h2-11H,12H2,1H3,(H,22,23,25)/b24-13-. The Morgan fingerprint density at radius 2 is 1.89 bits per heavy atom. The Morgan fingerprint density at radius 3 is 2.79 bits per heavy atom. The molecule has 2 aromatic heterocycles. The number of hydrogen-bond donors (Lipinski definition) is 1. The van der Waals surface area contributed by atoms with Gasteiger partial charge in [-0.25, -0.2) is 9.97 Å². The lowest BCUT2D eigenvalue weighted by atomic mass is 10.1. The lowest BCUT2D eigenvalue weighted by Crippen LogP contribution is -2.01. The van der Waals surface area contributed by atoms with E-state index in [1.165, 1.54) is 0 Å². The van der Waals surface area contributed by atoms with Crippen molar-refractivity contribution in [2.75, 3.05) is 12.2 Å². The summed E-state index contributed by atoms with van der Waals surface area (Å²) in [6.45, 7) is 2.19. The van der Waals surface area contributed by atoms with Crippen molar-refractivity contribution < 1.29 is 9.47 Å². The van der Waals surface area contributed by atoms with E-state index >= 15 is 0 Å². The number of fused-ring (bicyclic) bond motifs is 2. The van der Waals surface area contributed by atoms with E-state index < -0.39 is 0 Å². The monoisotopic (exact) mass is 388 g/mol. The van der Waals surface area contributed by atoms with Crippen LogP contribution in [0.4, 0.5) is 5.82 Å². The molecule has 4 aromatic rings. The topological polar surface area (TPSA) is 68.6 Å². The summed E-state index contributed by atoms with van der Waals surface area (Å²) in [5.74, 6) is 2.18. The van der Waals surface area contributed by atoms with Crippen LogP contribution in [0.3, 0.4) is 0 Å². The van der Waals surface area contributed by atoms with Crippen molar-refractivity contribution in [3.05, 3.63) is 66.5 Å². The molecule has 138 valence electrons. The van der Waals surface area contributed by atoms with Crippen molar-refractivity contribution in [1.29, 1.82) is 0 Å². The maximum absolute atomic E-state index is 5.44. The Kier molecular flexibility index (Phi) is 4.14. The molecule has 5 rings (SSSR count). The van der Waals surface area contributed by atoms with Crippen LogP contribution in [0.5, 0.6) is 11.5 Å². The first-order valence-corrected chi connectivity index (χ1v) is 9.60. The van der Waals surface area contributed by atoms with Crippen LogP contribution in [-0.2, 0) is 0 Å². The third-order valence-electron chi connectivity index (χ3n) is 4.51. The molecule has 7 heteroatoms. The number of thiophene rings is 1. The van der Waals surface area contributed by atoms with E-state index in [4.69, 9.17) is 9.47 Å². The molecule has 0 radical (unpaired) electrons. The molecular formula is C21H16N4O2S. The van der Waals surface area contributed by atoms with Gasteiger partial charge in [0.2, 0.25) is 6.79 Å². The number of rotatable bonds is 4. The molecule has 3 heterocycles. The zero-order valence-electron chi connectivity index (χ0n) is 15.0. The normalized spacial score (nSPS) is 13.1. The predicted molar refractivity (Wildman–Crippen MR) is 111 cm³/mol. The van der Waals surface area contributed by atoms with Gasteiger partial charge in [0.1, 0.15) is 11.2 Å². The summed E-state index contributed by atoms with van der Waals surface area (Å²) in [6.07, 6.45) is 1.56. The van der Waals surface area contributed by atoms with Gasteiger partial charge < -0.3 is 9.47 Å². The molecule has 0 atom stereocenters. The molecule has 0 saturated carbocycles. The van der Waals surface area contributed by atoms with Crippen LogP contribution in [0.1, 0.15) is 12.5 Å². The van der Waals surface area contributed by atoms with Crippen molar-refractivity contribution in [3.8, 4) is 21.9 Å². The maximum Gasteiger partial charge on any atom is 0.231 e. The van der Waals surface area contributed by atoms with E-state index in [0.29, 0.717) is 5.82 Å². The van der Waals surface area contributed by atoms with Gasteiger partial charge in [-0.3, -0.25) is 5.43 Å². The lowest BCUT2D eigenvalue weighted by molar-refractivity contribution is 0.174. The van der Waals surface area contributed by atoms with Crippen molar-refractivity contribution in [3.63, 3.8) is 0 Å². The number of benzene rings is 2. The Morgan fingerprint density at radius 1 is 1.04 bits per heavy atom. The van der Waals surface area contributed by atoms with Crippen LogP contribution in [0.25, 0.3) is 20.7 Å². The molecule has 0 amide bonds. The maximum atomic E-state index is 5.44. The molecular weight excluding hydrogens is 372 g/mol. The lowest BCUT2D eigenvalue weighted by Gasteiger charge is -2.05. The van der Waals surface area contributed by atoms with E-state index in [2.05, 4.69) is 38.7 Å². The molecule has 1 aliphatic heterocycles. The van der Waals surface area contributed by atoms with E-state index in [9.17, 15) is 0 Å². The fourth-order valence-electron chi connectivity index (χ4n) is 3.01. The highest BCUT2D eigenvalue weighted by Gasteiger charge is 2.14. The van der Waals surface area contributed by atoms with Gasteiger partial charge in [0.25, 0.3) is 0 Å². The van der Waals surface area contributed by atoms with Crippen molar-refractivity contribution in [2.45, 2.75) is 6.92 Å². The number of nitrogens with one attached hydrogen (secondary N) is 1. The quantitative estimate of drug-likeness (QED) is 0.397. The van der Waals surface area contributed by atoms with E-state index in [1.54, 1.807) is 17.7 Å². The summed E-state index contributed by atoms with van der Waals surface area (Å²) in [4.78, 5) is 10.8. The third-order valence-corrected chi connectivity index (χ3v) is 5.60. The molecule has 0 saturated heterocycles. The summed E-state index contributed by atoms with van der Waals surface area (Å²) in [6, 6.07) is 18.1. The smallest absolute Gasteiger partial charge is 0.231 e. The molecule has 0 fully saturated rings. The minimum atomic E-state index is 0.258. The van der Waals surface area contributed by atoms with Crippen LogP contribution in [0.15, 0.2) is 66.0 Å². The molecule has 1 aliphatic rings. The van der Waals surface area contributed by atoms with E-state index in [0.717, 1.165) is 43.4 Å². The van der Waals surface area contributed by atoms with Gasteiger partial charge in [0, 0.05) is 10.4 Å². The number of hydrogen-bond acceptors (Lipinski definition) is 7. The fraction of sp³-hybridized carbons (Fsp3) is 0.0952. The second kappa shape index (κ2) is 6.94. The van der Waals surface area contributed by atoms with Crippen molar-refractivity contribution >= 4 is 33.1 Å². The highest BCUT2D eigenvalue weighted by molar-refractivity contribution is 7.21. The zero-order chi connectivity index (χ0) is 18.9. The zero-order valence-corrected chi connectivity index (χ0v) is 15.9. The first kappa shape index (κ1) is 16.7. The molecule has 2 aromatic carbocycles. The first-order valence-electron chi connectivity index (χ1n) is 8.78. The third kappa shape index (κ3) is 3.05. The summed E-state index contributed by atoms with van der Waals surface area (Å²) < 4.78 is 10.8. The minimum Gasteiger partial charge on any atom is -0.454 e. The van der Waals surface area contributed by atoms with Gasteiger partial charge >= 0.3 is 0 Å². The molecule has 28 heavy (non-hydrogen) atoms. The Bertz CT molecular complexity index is 1190. The van der Waals surface area contributed by atoms with Gasteiger partial charge in [-0.15, -0.1) is 11.3 Å². The van der Waals surface area contributed by atoms with Crippen LogP contribution >= 0.6 is 11.3 Å². The summed E-state index contributed by atoms with van der Waals surface area (Å²) in [5, 5.41) is 5.46. The van der Waals surface area contributed by atoms with Crippen LogP contribution < -0.4 is 14.9 Å². The Labute approximate surface area is 165 Å². The van der Waals surface area contributed by atoms with Crippen LogP contribution in [-0.4, -0.2) is 22.5 Å². The van der Waals surface area contributed by atoms with Crippen molar-refractivity contribution in [1.82, 2.24) is 9.97 Å². The first-order chi connectivity index (χ1) is 13.8. The fourth-order valence-corrected chi connectivity index (χ4v) is 4.02. The molecule has 1 N–H and O–H groups in total. The SMILES string of the molecule is C/C(=N/Nc1ncnc2sc(-c3ccccc3)cc12)c1ccc2c(c1)OCO2.